The number of ether oxygens (including phenoxy) is 1. The Labute approximate surface area is 121 Å². The van der Waals surface area contributed by atoms with Gasteiger partial charge in [-0.15, -0.1) is 0 Å². The number of halogens is 3. The van der Waals surface area contributed by atoms with Gasteiger partial charge in [0.1, 0.15) is 5.75 Å². The van der Waals surface area contributed by atoms with E-state index in [2.05, 4.69) is 0 Å². The summed E-state index contributed by atoms with van der Waals surface area (Å²) in [6, 6.07) is 13.1. The average molecular weight is 302 g/mol. The van der Waals surface area contributed by atoms with E-state index in [1.807, 2.05) is 36.4 Å². The number of benzene rings is 2. The summed E-state index contributed by atoms with van der Waals surface area (Å²) in [6.07, 6.45) is 0. The van der Waals surface area contributed by atoms with Crippen molar-refractivity contribution in [3.63, 3.8) is 0 Å². The molecule has 2 rings (SSSR count). The highest BCUT2D eigenvalue weighted by Gasteiger charge is 2.09. The van der Waals surface area contributed by atoms with Gasteiger partial charge in [-0.25, -0.2) is 0 Å². The lowest BCUT2D eigenvalue weighted by Crippen LogP contribution is -2.02. The molecule has 0 saturated carbocycles. The molecule has 1 unspecified atom stereocenters. The molecule has 0 aromatic heterocycles. The van der Waals surface area contributed by atoms with Crippen LogP contribution in [0.5, 0.6) is 5.75 Å². The smallest absolute Gasteiger partial charge is 0.169 e. The molecule has 2 aromatic carbocycles. The monoisotopic (exact) mass is 300 g/mol. The summed E-state index contributed by atoms with van der Waals surface area (Å²) >= 11 is 18.0. The maximum Gasteiger partial charge on any atom is 0.169 e. The van der Waals surface area contributed by atoms with Gasteiger partial charge in [-0.2, -0.15) is 0 Å². The first-order valence-electron chi connectivity index (χ1n) is 5.43. The third-order valence-electron chi connectivity index (χ3n) is 2.41. The van der Waals surface area contributed by atoms with Crippen molar-refractivity contribution in [2.45, 2.75) is 12.5 Å². The number of hydrogen-bond acceptors (Lipinski definition) is 1. The molecule has 0 amide bonds. The molecule has 0 spiro atoms. The van der Waals surface area contributed by atoms with Gasteiger partial charge < -0.3 is 4.74 Å². The van der Waals surface area contributed by atoms with Gasteiger partial charge in [-0.1, -0.05) is 59.1 Å². The van der Waals surface area contributed by atoms with Crippen LogP contribution in [0, 0.1) is 0 Å². The van der Waals surface area contributed by atoms with E-state index >= 15 is 0 Å². The fourth-order valence-corrected chi connectivity index (χ4v) is 2.13. The molecule has 0 radical (unpaired) electrons. The SMILES string of the molecule is CC(Cl)Oc1cc(-c2ccccc2Cl)ccc1Cl. The second-order valence-electron chi connectivity index (χ2n) is 3.79. The second-order valence-corrected chi connectivity index (χ2v) is 5.21. The molecule has 0 bridgehead atoms. The molecule has 0 N–H and O–H groups in total. The fourth-order valence-electron chi connectivity index (χ4n) is 1.63. The van der Waals surface area contributed by atoms with Gasteiger partial charge in [0.05, 0.1) is 5.02 Å². The average Bonchev–Trinajstić information content (AvgIpc) is 2.32. The van der Waals surface area contributed by atoms with E-state index in [0.29, 0.717) is 15.8 Å². The van der Waals surface area contributed by atoms with Crippen molar-refractivity contribution in [3.05, 3.63) is 52.5 Å². The maximum atomic E-state index is 6.16. The molecule has 2 aromatic rings. The van der Waals surface area contributed by atoms with Gasteiger partial charge in [0.15, 0.2) is 5.56 Å². The maximum absolute atomic E-state index is 6.16. The van der Waals surface area contributed by atoms with E-state index < -0.39 is 5.56 Å². The summed E-state index contributed by atoms with van der Waals surface area (Å²) in [4.78, 5) is 0. The Morgan fingerprint density at radius 1 is 1.00 bits per heavy atom. The summed E-state index contributed by atoms with van der Waals surface area (Å²) in [6.45, 7) is 1.74. The molecule has 1 nitrogen and oxygen atoms in total. The molecule has 18 heavy (non-hydrogen) atoms. The Balaban J connectivity index is 2.44. The lowest BCUT2D eigenvalue weighted by atomic mass is 10.1. The van der Waals surface area contributed by atoms with E-state index in [-0.39, 0.29) is 0 Å². The van der Waals surface area contributed by atoms with E-state index in [4.69, 9.17) is 39.5 Å². The summed E-state index contributed by atoms with van der Waals surface area (Å²) < 4.78 is 5.44. The van der Waals surface area contributed by atoms with Gasteiger partial charge in [0.2, 0.25) is 0 Å². The van der Waals surface area contributed by atoms with Gasteiger partial charge in [-0.05, 0) is 30.7 Å². The van der Waals surface area contributed by atoms with Crippen LogP contribution in [-0.2, 0) is 0 Å². The summed E-state index contributed by atoms with van der Waals surface area (Å²) in [5, 5.41) is 1.21. The third kappa shape index (κ3) is 3.11. The lowest BCUT2D eigenvalue weighted by molar-refractivity contribution is 0.301. The largest absolute Gasteiger partial charge is 0.473 e. The van der Waals surface area contributed by atoms with Crippen LogP contribution in [0.1, 0.15) is 6.92 Å². The Bertz CT molecular complexity index is 552. The van der Waals surface area contributed by atoms with Gasteiger partial charge >= 0.3 is 0 Å². The number of hydrogen-bond donors (Lipinski definition) is 0. The first-order valence-corrected chi connectivity index (χ1v) is 6.62. The van der Waals surface area contributed by atoms with E-state index in [1.54, 1.807) is 13.0 Å². The van der Waals surface area contributed by atoms with Gasteiger partial charge in [-0.3, -0.25) is 0 Å². The Morgan fingerprint density at radius 3 is 2.39 bits per heavy atom. The Kier molecular flexibility index (Phi) is 4.39. The van der Waals surface area contributed by atoms with E-state index in [9.17, 15) is 0 Å². The van der Waals surface area contributed by atoms with Crippen molar-refractivity contribution in [3.8, 4) is 16.9 Å². The normalized spacial score (nSPS) is 12.2. The zero-order chi connectivity index (χ0) is 13.1. The van der Waals surface area contributed by atoms with Crippen molar-refractivity contribution in [2.75, 3.05) is 0 Å². The first kappa shape index (κ1) is 13.5. The molecule has 0 aliphatic carbocycles. The number of rotatable bonds is 3. The van der Waals surface area contributed by atoms with Crippen molar-refractivity contribution in [2.24, 2.45) is 0 Å². The molecule has 1 atom stereocenters. The minimum absolute atomic E-state index is 0.441. The van der Waals surface area contributed by atoms with Crippen LogP contribution in [0.25, 0.3) is 11.1 Å². The van der Waals surface area contributed by atoms with Crippen LogP contribution in [0.3, 0.4) is 0 Å². The summed E-state index contributed by atoms with van der Waals surface area (Å²) in [5.74, 6) is 0.552. The van der Waals surface area contributed by atoms with Crippen molar-refractivity contribution < 1.29 is 4.74 Å². The zero-order valence-corrected chi connectivity index (χ0v) is 11.9. The quantitative estimate of drug-likeness (QED) is 0.668. The molecule has 0 heterocycles. The predicted molar refractivity (Wildman–Crippen MR) is 77.8 cm³/mol. The topological polar surface area (TPSA) is 9.23 Å². The standard InChI is InChI=1S/C14H11Cl3O/c1-9(15)18-14-8-10(6-7-13(14)17)11-4-2-3-5-12(11)16/h2-9H,1H3. The van der Waals surface area contributed by atoms with Crippen LogP contribution in [-0.4, -0.2) is 5.56 Å². The van der Waals surface area contributed by atoms with Crippen LogP contribution < -0.4 is 4.74 Å². The summed E-state index contributed by atoms with van der Waals surface area (Å²) in [5.41, 5.74) is 1.43. The molecule has 4 heteroatoms. The molecule has 94 valence electrons. The first-order chi connectivity index (χ1) is 8.58. The predicted octanol–water partition coefficient (Wildman–Crippen LogP) is 5.62. The van der Waals surface area contributed by atoms with Crippen molar-refractivity contribution in [1.29, 1.82) is 0 Å². The Hall–Kier alpha value is -0.890. The zero-order valence-electron chi connectivity index (χ0n) is 9.66. The lowest BCUT2D eigenvalue weighted by Gasteiger charge is -2.12. The fraction of sp³-hybridized carbons (Fsp3) is 0.143. The summed E-state index contributed by atoms with van der Waals surface area (Å²) in [7, 11) is 0. The van der Waals surface area contributed by atoms with Crippen LogP contribution in [0.15, 0.2) is 42.5 Å². The second kappa shape index (κ2) is 5.83. The van der Waals surface area contributed by atoms with Gasteiger partial charge in [0, 0.05) is 10.6 Å². The molecule has 0 saturated heterocycles. The van der Waals surface area contributed by atoms with Crippen LogP contribution in [0.4, 0.5) is 0 Å². The minimum Gasteiger partial charge on any atom is -0.473 e. The van der Waals surface area contributed by atoms with Crippen molar-refractivity contribution >= 4 is 34.8 Å². The highest BCUT2D eigenvalue weighted by atomic mass is 35.5. The van der Waals surface area contributed by atoms with Crippen LogP contribution >= 0.6 is 34.8 Å². The van der Waals surface area contributed by atoms with Gasteiger partial charge in [0.25, 0.3) is 0 Å². The van der Waals surface area contributed by atoms with Crippen molar-refractivity contribution in [1.82, 2.24) is 0 Å². The van der Waals surface area contributed by atoms with Crippen LogP contribution in [0.2, 0.25) is 10.0 Å². The number of alkyl halides is 1. The molecule has 0 aliphatic heterocycles. The Morgan fingerprint density at radius 2 is 1.72 bits per heavy atom. The molecule has 0 fully saturated rings. The minimum atomic E-state index is -0.441. The highest BCUT2D eigenvalue weighted by molar-refractivity contribution is 6.33. The van der Waals surface area contributed by atoms with E-state index in [1.165, 1.54) is 0 Å². The van der Waals surface area contributed by atoms with E-state index in [0.717, 1.165) is 11.1 Å². The highest BCUT2D eigenvalue weighted by Crippen LogP contribution is 2.34. The molecular weight excluding hydrogens is 291 g/mol. The third-order valence-corrected chi connectivity index (χ3v) is 3.14. The molecular formula is C14H11Cl3O. The molecule has 0 aliphatic rings.